The molecular formula is C21H30N4O. The van der Waals surface area contributed by atoms with Crippen molar-refractivity contribution in [3.63, 3.8) is 0 Å². The van der Waals surface area contributed by atoms with Gasteiger partial charge in [-0.2, -0.15) is 0 Å². The van der Waals surface area contributed by atoms with Crippen molar-refractivity contribution in [2.75, 3.05) is 19.6 Å². The number of benzene rings is 1. The average Bonchev–Trinajstić information content (AvgIpc) is 3.01. The molecular weight excluding hydrogens is 324 g/mol. The minimum absolute atomic E-state index is 0.0230. The molecule has 5 nitrogen and oxygen atoms in total. The van der Waals surface area contributed by atoms with Gasteiger partial charge < -0.3 is 9.88 Å². The Bertz CT molecular complexity index is 917. The number of aryl methyl sites for hydroxylation is 1. The van der Waals surface area contributed by atoms with Gasteiger partial charge >= 0.3 is 0 Å². The fraction of sp³-hybridized carbons (Fsp3) is 0.524. The van der Waals surface area contributed by atoms with Crippen LogP contribution >= 0.6 is 0 Å². The second-order valence-electron chi connectivity index (χ2n) is 7.19. The summed E-state index contributed by atoms with van der Waals surface area (Å²) in [6.07, 6.45) is 6.52. The highest BCUT2D eigenvalue weighted by molar-refractivity contribution is 6.04. The average molecular weight is 354 g/mol. The van der Waals surface area contributed by atoms with Crippen molar-refractivity contribution in [2.24, 2.45) is 0 Å². The Morgan fingerprint density at radius 3 is 2.54 bits per heavy atom. The lowest BCUT2D eigenvalue weighted by Crippen LogP contribution is -2.32. The molecule has 0 aliphatic carbocycles. The standard InChI is InChI=1S/C21H30N4O/c1-4-6-10-24(11-7-5-2)12-13-25-15-22-19-17-14-16(3)8-9-18(17)23-20(19)21(25)26/h8-9,14-15,23H,4-7,10-13H2,1-3H3. The van der Waals surface area contributed by atoms with E-state index in [0.717, 1.165) is 36.1 Å². The van der Waals surface area contributed by atoms with Crippen LogP contribution in [0.5, 0.6) is 0 Å². The molecule has 3 rings (SSSR count). The molecule has 3 aromatic rings. The lowest BCUT2D eigenvalue weighted by Gasteiger charge is -2.22. The van der Waals surface area contributed by atoms with Crippen molar-refractivity contribution in [3.8, 4) is 0 Å². The quantitative estimate of drug-likeness (QED) is 0.630. The zero-order valence-electron chi connectivity index (χ0n) is 16.2. The minimum Gasteiger partial charge on any atom is -0.349 e. The van der Waals surface area contributed by atoms with Crippen LogP contribution in [0.3, 0.4) is 0 Å². The van der Waals surface area contributed by atoms with Crippen LogP contribution in [0.4, 0.5) is 0 Å². The van der Waals surface area contributed by atoms with Crippen LogP contribution in [-0.4, -0.2) is 39.1 Å². The summed E-state index contributed by atoms with van der Waals surface area (Å²) in [7, 11) is 0. The number of unbranched alkanes of at least 4 members (excludes halogenated alkanes) is 2. The summed E-state index contributed by atoms with van der Waals surface area (Å²) in [5.41, 5.74) is 3.56. The summed E-state index contributed by atoms with van der Waals surface area (Å²) < 4.78 is 1.75. The predicted octanol–water partition coefficient (Wildman–Crippen LogP) is 4.09. The largest absolute Gasteiger partial charge is 0.349 e. The molecule has 0 unspecified atom stereocenters. The first-order valence-corrected chi connectivity index (χ1v) is 9.83. The summed E-state index contributed by atoms with van der Waals surface area (Å²) in [6.45, 7) is 10.3. The Hall–Kier alpha value is -2.14. The Kier molecular flexibility index (Phi) is 6.09. The van der Waals surface area contributed by atoms with Crippen LogP contribution in [0.1, 0.15) is 45.1 Å². The van der Waals surface area contributed by atoms with Gasteiger partial charge in [0, 0.05) is 24.0 Å². The second kappa shape index (κ2) is 8.49. The van der Waals surface area contributed by atoms with Crippen molar-refractivity contribution in [1.29, 1.82) is 0 Å². The van der Waals surface area contributed by atoms with Crippen molar-refractivity contribution in [1.82, 2.24) is 19.4 Å². The highest BCUT2D eigenvalue weighted by Crippen LogP contribution is 2.22. The highest BCUT2D eigenvalue weighted by atomic mass is 16.1. The lowest BCUT2D eigenvalue weighted by atomic mass is 10.2. The van der Waals surface area contributed by atoms with Crippen LogP contribution in [0, 0.1) is 6.92 Å². The van der Waals surface area contributed by atoms with Crippen molar-refractivity contribution < 1.29 is 0 Å². The van der Waals surface area contributed by atoms with Crippen molar-refractivity contribution in [3.05, 3.63) is 40.4 Å². The SMILES string of the molecule is CCCCN(CCCC)CCn1cnc2c([nH]c3ccc(C)cc32)c1=O. The zero-order valence-corrected chi connectivity index (χ0v) is 16.2. The number of aromatic amines is 1. The Labute approximate surface area is 155 Å². The molecule has 0 aliphatic heterocycles. The van der Waals surface area contributed by atoms with Gasteiger partial charge in [0.1, 0.15) is 11.0 Å². The molecule has 0 spiro atoms. The van der Waals surface area contributed by atoms with Crippen LogP contribution in [0.25, 0.3) is 21.9 Å². The number of fused-ring (bicyclic) bond motifs is 3. The van der Waals surface area contributed by atoms with Gasteiger partial charge in [0.15, 0.2) is 0 Å². The van der Waals surface area contributed by atoms with E-state index in [1.807, 2.05) is 6.07 Å². The molecule has 0 fully saturated rings. The fourth-order valence-corrected chi connectivity index (χ4v) is 3.41. The van der Waals surface area contributed by atoms with Gasteiger partial charge in [-0.1, -0.05) is 38.3 Å². The van der Waals surface area contributed by atoms with Gasteiger partial charge in [-0.05, 0) is 45.0 Å². The predicted molar refractivity (Wildman–Crippen MR) is 109 cm³/mol. The van der Waals surface area contributed by atoms with E-state index in [4.69, 9.17) is 0 Å². The van der Waals surface area contributed by atoms with Gasteiger partial charge in [-0.15, -0.1) is 0 Å². The number of hydrogen-bond acceptors (Lipinski definition) is 3. The molecule has 0 atom stereocenters. The summed E-state index contributed by atoms with van der Waals surface area (Å²) >= 11 is 0. The van der Waals surface area contributed by atoms with Crippen LogP contribution in [0.15, 0.2) is 29.3 Å². The monoisotopic (exact) mass is 354 g/mol. The van der Waals surface area contributed by atoms with Crippen LogP contribution in [-0.2, 0) is 6.54 Å². The normalized spacial score (nSPS) is 11.8. The number of nitrogens with zero attached hydrogens (tertiary/aromatic N) is 3. The van der Waals surface area contributed by atoms with Gasteiger partial charge in [0.05, 0.1) is 6.33 Å². The molecule has 2 aromatic heterocycles. The zero-order chi connectivity index (χ0) is 18.5. The van der Waals surface area contributed by atoms with Gasteiger partial charge in [-0.3, -0.25) is 9.36 Å². The molecule has 5 heteroatoms. The molecule has 26 heavy (non-hydrogen) atoms. The molecule has 0 aliphatic rings. The Balaban J connectivity index is 1.82. The second-order valence-corrected chi connectivity index (χ2v) is 7.19. The lowest BCUT2D eigenvalue weighted by molar-refractivity contribution is 0.253. The van der Waals surface area contributed by atoms with Crippen molar-refractivity contribution >= 4 is 21.9 Å². The molecule has 1 aromatic carbocycles. The van der Waals surface area contributed by atoms with Crippen molar-refractivity contribution in [2.45, 2.75) is 53.0 Å². The number of H-pyrrole nitrogens is 1. The summed E-state index contributed by atoms with van der Waals surface area (Å²) in [6, 6.07) is 6.16. The molecule has 0 amide bonds. The molecule has 140 valence electrons. The first kappa shape index (κ1) is 18.6. The topological polar surface area (TPSA) is 53.9 Å². The van der Waals surface area contributed by atoms with E-state index < -0.39 is 0 Å². The van der Waals surface area contributed by atoms with Gasteiger partial charge in [0.25, 0.3) is 5.56 Å². The van der Waals surface area contributed by atoms with Crippen LogP contribution in [0.2, 0.25) is 0 Å². The van der Waals surface area contributed by atoms with E-state index in [0.29, 0.717) is 12.1 Å². The highest BCUT2D eigenvalue weighted by Gasteiger charge is 2.12. The summed E-state index contributed by atoms with van der Waals surface area (Å²) in [4.78, 5) is 23.2. The molecule has 0 bridgehead atoms. The maximum absolute atomic E-state index is 12.9. The summed E-state index contributed by atoms with van der Waals surface area (Å²) in [5, 5.41) is 1.02. The third-order valence-corrected chi connectivity index (χ3v) is 5.04. The van der Waals surface area contributed by atoms with E-state index in [2.05, 4.69) is 47.8 Å². The number of nitrogens with one attached hydrogen (secondary N) is 1. The molecule has 0 radical (unpaired) electrons. The first-order valence-electron chi connectivity index (χ1n) is 9.83. The summed E-state index contributed by atoms with van der Waals surface area (Å²) in [5.74, 6) is 0. The van der Waals surface area contributed by atoms with Gasteiger partial charge in [-0.25, -0.2) is 4.98 Å². The van der Waals surface area contributed by atoms with E-state index in [9.17, 15) is 4.79 Å². The number of hydrogen-bond donors (Lipinski definition) is 1. The third kappa shape index (κ3) is 3.98. The Morgan fingerprint density at radius 1 is 1.12 bits per heavy atom. The maximum atomic E-state index is 12.9. The van der Waals surface area contributed by atoms with E-state index in [1.54, 1.807) is 10.9 Å². The van der Waals surface area contributed by atoms with Gasteiger partial charge in [0.2, 0.25) is 0 Å². The molecule has 0 saturated heterocycles. The first-order chi connectivity index (χ1) is 12.6. The van der Waals surface area contributed by atoms with Crippen LogP contribution < -0.4 is 5.56 Å². The molecule has 1 N–H and O–H groups in total. The number of rotatable bonds is 9. The Morgan fingerprint density at radius 2 is 1.85 bits per heavy atom. The fourth-order valence-electron chi connectivity index (χ4n) is 3.41. The van der Waals surface area contributed by atoms with E-state index in [1.165, 1.54) is 31.2 Å². The van der Waals surface area contributed by atoms with E-state index in [-0.39, 0.29) is 5.56 Å². The molecule has 2 heterocycles. The number of aromatic nitrogens is 3. The maximum Gasteiger partial charge on any atom is 0.277 e. The molecule has 0 saturated carbocycles. The third-order valence-electron chi connectivity index (χ3n) is 5.04. The smallest absolute Gasteiger partial charge is 0.277 e. The minimum atomic E-state index is 0.0230. The van der Waals surface area contributed by atoms with E-state index >= 15 is 0 Å².